The smallest absolute Gasteiger partial charge is 0.268 e. The zero-order valence-electron chi connectivity index (χ0n) is 34.5. The molecular weight excluding hydrogens is 671 g/mol. The Bertz CT molecular complexity index is 948. The molecule has 0 aliphatic heterocycles. The number of hydrogen-bond donors (Lipinski definition) is 2. The minimum Gasteiger partial charge on any atom is -0.756 e. The minimum absolute atomic E-state index is 0.00426. The molecule has 0 aliphatic rings. The number of carbonyl (C=O) groups excluding carboxylic acids is 1. The Kier molecular flexibility index (Phi) is 34.6. The first kappa shape index (κ1) is 50.7. The number of likely N-dealkylation sites (N-methyl/N-ethyl adjacent to an activating group) is 1. The van der Waals surface area contributed by atoms with Crippen LogP contribution in [0.15, 0.2) is 36.5 Å². The lowest BCUT2D eigenvalue weighted by molar-refractivity contribution is -0.870. The van der Waals surface area contributed by atoms with Gasteiger partial charge in [0, 0.05) is 6.42 Å². The van der Waals surface area contributed by atoms with E-state index in [1.165, 1.54) is 96.3 Å². The van der Waals surface area contributed by atoms with Crippen LogP contribution >= 0.6 is 7.82 Å². The third-order valence-electron chi connectivity index (χ3n) is 9.34. The molecule has 0 saturated heterocycles. The number of nitrogens with zero attached hydrogens (tertiary/aromatic N) is 1. The fourth-order valence-corrected chi connectivity index (χ4v) is 6.61. The molecule has 9 heteroatoms. The van der Waals surface area contributed by atoms with Crippen LogP contribution in [-0.2, 0) is 18.4 Å². The highest BCUT2D eigenvalue weighted by molar-refractivity contribution is 7.45. The quantitative estimate of drug-likeness (QED) is 0.0281. The molecule has 0 heterocycles. The molecular formula is C43H83N2O6P. The molecule has 0 radical (unpaired) electrons. The van der Waals surface area contributed by atoms with Gasteiger partial charge in [-0.25, -0.2) is 0 Å². The topological polar surface area (TPSA) is 108 Å². The monoisotopic (exact) mass is 755 g/mol. The summed E-state index contributed by atoms with van der Waals surface area (Å²) >= 11 is 0. The fourth-order valence-electron chi connectivity index (χ4n) is 5.89. The van der Waals surface area contributed by atoms with Crippen molar-refractivity contribution in [2.45, 2.75) is 193 Å². The lowest BCUT2D eigenvalue weighted by atomic mass is 10.0. The van der Waals surface area contributed by atoms with Gasteiger partial charge in [0.1, 0.15) is 13.2 Å². The molecule has 2 N–H and O–H groups in total. The molecule has 0 fully saturated rings. The predicted molar refractivity (Wildman–Crippen MR) is 219 cm³/mol. The van der Waals surface area contributed by atoms with Gasteiger partial charge in [-0.2, -0.15) is 0 Å². The number of aliphatic hydroxyl groups excluding tert-OH is 1. The third kappa shape index (κ3) is 37.1. The number of phosphoric ester groups is 1. The van der Waals surface area contributed by atoms with Crippen LogP contribution in [0.5, 0.6) is 0 Å². The van der Waals surface area contributed by atoms with Crippen molar-refractivity contribution in [3.05, 3.63) is 36.5 Å². The van der Waals surface area contributed by atoms with E-state index in [-0.39, 0.29) is 19.1 Å². The summed E-state index contributed by atoms with van der Waals surface area (Å²) in [6.07, 6.45) is 41.8. The number of amides is 1. The first-order chi connectivity index (χ1) is 25.0. The van der Waals surface area contributed by atoms with E-state index in [1.807, 2.05) is 27.2 Å². The second-order valence-corrected chi connectivity index (χ2v) is 17.1. The highest BCUT2D eigenvalue weighted by Gasteiger charge is 2.23. The zero-order chi connectivity index (χ0) is 38.6. The van der Waals surface area contributed by atoms with Crippen LogP contribution in [0.4, 0.5) is 0 Å². The summed E-state index contributed by atoms with van der Waals surface area (Å²) in [4.78, 5) is 25.2. The van der Waals surface area contributed by atoms with Crippen LogP contribution in [0.25, 0.3) is 0 Å². The van der Waals surface area contributed by atoms with Crippen LogP contribution < -0.4 is 10.2 Å². The maximum atomic E-state index is 12.8. The fraction of sp³-hybridized carbons (Fsp3) is 0.837. The van der Waals surface area contributed by atoms with E-state index in [1.54, 1.807) is 6.08 Å². The number of unbranched alkanes of at least 4 members (excludes halogenated alkanes) is 21. The molecule has 8 nitrogen and oxygen atoms in total. The Labute approximate surface area is 321 Å². The van der Waals surface area contributed by atoms with Crippen molar-refractivity contribution in [1.82, 2.24) is 5.32 Å². The summed E-state index contributed by atoms with van der Waals surface area (Å²) in [5.74, 6) is -0.213. The largest absolute Gasteiger partial charge is 0.756 e. The number of rotatable bonds is 38. The Morgan fingerprint density at radius 2 is 1.12 bits per heavy atom. The van der Waals surface area contributed by atoms with E-state index in [0.717, 1.165) is 64.2 Å². The number of quaternary nitrogens is 1. The van der Waals surface area contributed by atoms with Crippen molar-refractivity contribution >= 4 is 13.7 Å². The number of allylic oxidation sites excluding steroid dienone is 5. The first-order valence-electron chi connectivity index (χ1n) is 21.4. The number of hydrogen-bond acceptors (Lipinski definition) is 6. The van der Waals surface area contributed by atoms with Gasteiger partial charge in [-0.3, -0.25) is 9.36 Å². The second-order valence-electron chi connectivity index (χ2n) is 15.7. The highest BCUT2D eigenvalue weighted by Crippen LogP contribution is 2.38. The van der Waals surface area contributed by atoms with Gasteiger partial charge in [-0.1, -0.05) is 159 Å². The number of phosphoric acid groups is 1. The van der Waals surface area contributed by atoms with E-state index in [2.05, 4.69) is 43.5 Å². The molecule has 0 aromatic heterocycles. The summed E-state index contributed by atoms with van der Waals surface area (Å²) in [5, 5.41) is 13.7. The van der Waals surface area contributed by atoms with Crippen LogP contribution in [0.2, 0.25) is 0 Å². The van der Waals surface area contributed by atoms with E-state index in [9.17, 15) is 19.4 Å². The van der Waals surface area contributed by atoms with Crippen LogP contribution in [0, 0.1) is 0 Å². The molecule has 0 aromatic rings. The van der Waals surface area contributed by atoms with Crippen molar-refractivity contribution < 1.29 is 32.9 Å². The Hall–Kier alpha value is -1.28. The molecule has 52 heavy (non-hydrogen) atoms. The molecule has 0 bridgehead atoms. The van der Waals surface area contributed by atoms with Gasteiger partial charge < -0.3 is 28.8 Å². The van der Waals surface area contributed by atoms with E-state index in [4.69, 9.17) is 9.05 Å². The molecule has 0 spiro atoms. The molecule has 0 saturated carbocycles. The summed E-state index contributed by atoms with van der Waals surface area (Å²) in [5.41, 5.74) is 0. The van der Waals surface area contributed by atoms with Crippen LogP contribution in [0.1, 0.15) is 181 Å². The Morgan fingerprint density at radius 3 is 1.63 bits per heavy atom. The maximum absolute atomic E-state index is 12.8. The molecule has 0 rings (SSSR count). The summed E-state index contributed by atoms with van der Waals surface area (Å²) in [7, 11) is 1.25. The van der Waals surface area contributed by atoms with Gasteiger partial charge >= 0.3 is 0 Å². The van der Waals surface area contributed by atoms with Gasteiger partial charge in [0.2, 0.25) is 5.91 Å². The number of nitrogens with one attached hydrogen (secondary N) is 1. The van der Waals surface area contributed by atoms with Crippen molar-refractivity contribution in [3.8, 4) is 0 Å². The molecule has 306 valence electrons. The third-order valence-corrected chi connectivity index (χ3v) is 10.3. The van der Waals surface area contributed by atoms with Crippen molar-refractivity contribution in [1.29, 1.82) is 0 Å². The van der Waals surface area contributed by atoms with Crippen molar-refractivity contribution in [2.24, 2.45) is 0 Å². The average Bonchev–Trinajstić information content (AvgIpc) is 3.09. The Balaban J connectivity index is 4.50. The second kappa shape index (κ2) is 35.4. The summed E-state index contributed by atoms with van der Waals surface area (Å²) < 4.78 is 23.1. The first-order valence-corrected chi connectivity index (χ1v) is 22.8. The SMILES string of the molecule is CCCCC/C=C\C/C=C\CCCCCCCC(=O)NC(COP(=O)([O-])OCC[N+](C)(C)C)C(O)/C=C/CCCCCCCCCCCCCCC. The average molecular weight is 755 g/mol. The minimum atomic E-state index is -4.59. The number of aliphatic hydroxyl groups is 1. The van der Waals surface area contributed by atoms with Crippen LogP contribution in [-0.4, -0.2) is 68.5 Å². The summed E-state index contributed by atoms with van der Waals surface area (Å²) in [6.45, 7) is 4.59. The van der Waals surface area contributed by atoms with Gasteiger partial charge in [-0.05, 0) is 51.4 Å². The highest BCUT2D eigenvalue weighted by atomic mass is 31.2. The van der Waals surface area contributed by atoms with Gasteiger partial charge in [0.15, 0.2) is 0 Å². The normalized spacial score (nSPS) is 14.8. The van der Waals surface area contributed by atoms with Gasteiger partial charge in [0.05, 0.1) is 39.9 Å². The molecule has 3 unspecified atom stereocenters. The molecule has 3 atom stereocenters. The Morgan fingerprint density at radius 1 is 0.673 bits per heavy atom. The van der Waals surface area contributed by atoms with E-state index < -0.39 is 20.0 Å². The molecule has 0 aliphatic carbocycles. The standard InChI is InChI=1S/C43H83N2O6P/c1-6-8-10-12-14-16-18-20-22-24-26-28-30-32-34-36-42(46)41(40-51-52(48,49)50-39-38-45(3,4)5)44-43(47)37-35-33-31-29-27-25-23-21-19-17-15-13-11-9-7-2/h15,17,21,23,34,36,41-42,46H,6-14,16,18-20,22,24-33,35,37-40H2,1-5H3,(H-,44,47,48,49)/b17-15-,23-21-,36-34+. The van der Waals surface area contributed by atoms with Crippen LogP contribution in [0.3, 0.4) is 0 Å². The van der Waals surface area contributed by atoms with Gasteiger partial charge in [0.25, 0.3) is 7.82 Å². The summed E-state index contributed by atoms with van der Waals surface area (Å²) in [6, 6.07) is -0.891. The van der Waals surface area contributed by atoms with Gasteiger partial charge in [-0.15, -0.1) is 0 Å². The number of carbonyl (C=O) groups is 1. The molecule has 1 amide bonds. The lowest BCUT2D eigenvalue weighted by Gasteiger charge is -2.29. The lowest BCUT2D eigenvalue weighted by Crippen LogP contribution is -2.45. The zero-order valence-corrected chi connectivity index (χ0v) is 35.4. The van der Waals surface area contributed by atoms with Crippen molar-refractivity contribution in [3.63, 3.8) is 0 Å². The van der Waals surface area contributed by atoms with E-state index in [0.29, 0.717) is 17.4 Å². The van der Waals surface area contributed by atoms with Crippen molar-refractivity contribution in [2.75, 3.05) is 40.9 Å². The van der Waals surface area contributed by atoms with E-state index >= 15 is 0 Å². The predicted octanol–water partition coefficient (Wildman–Crippen LogP) is 10.9. The maximum Gasteiger partial charge on any atom is 0.268 e. The molecule has 0 aromatic carbocycles.